The normalized spacial score (nSPS) is 13.8. The number of rotatable bonds is 5. The summed E-state index contributed by atoms with van der Waals surface area (Å²) >= 11 is 0. The molecule has 2 atom stereocenters. The first-order chi connectivity index (χ1) is 8.60. The minimum Gasteiger partial charge on any atom is -0.319 e. The third kappa shape index (κ3) is 3.76. The highest BCUT2D eigenvalue weighted by Crippen LogP contribution is 2.15. The molecule has 1 aromatic carbocycles. The second-order valence-corrected chi connectivity index (χ2v) is 4.72. The lowest BCUT2D eigenvalue weighted by molar-refractivity contribution is 0.163. The smallest absolute Gasteiger partial charge is 0.319 e. The largest absolute Gasteiger partial charge is 0.322 e. The van der Waals surface area contributed by atoms with Crippen LogP contribution in [0.2, 0.25) is 0 Å². The molecule has 0 heterocycles. The van der Waals surface area contributed by atoms with E-state index in [4.69, 9.17) is 0 Å². The monoisotopic (exact) mass is 248 g/mol. The molecule has 0 aliphatic carbocycles. The molecule has 18 heavy (non-hydrogen) atoms. The molecule has 0 unspecified atom stereocenters. The van der Waals surface area contributed by atoms with Crippen LogP contribution in [0.15, 0.2) is 30.3 Å². The molecule has 100 valence electrons. The molecule has 1 N–H and O–H groups in total. The van der Waals surface area contributed by atoms with Crippen molar-refractivity contribution >= 4 is 11.7 Å². The van der Waals surface area contributed by atoms with Crippen LogP contribution in [-0.4, -0.2) is 23.0 Å². The number of nitrogens with one attached hydrogen (secondary N) is 1. The first-order valence-electron chi connectivity index (χ1n) is 6.74. The van der Waals surface area contributed by atoms with Gasteiger partial charge in [0.05, 0.1) is 0 Å². The Morgan fingerprint density at radius 1 is 1.11 bits per heavy atom. The van der Waals surface area contributed by atoms with Gasteiger partial charge in [-0.15, -0.1) is 0 Å². The summed E-state index contributed by atoms with van der Waals surface area (Å²) in [6.45, 7) is 8.40. The van der Waals surface area contributed by atoms with Crippen LogP contribution in [0.25, 0.3) is 0 Å². The number of amides is 2. The van der Waals surface area contributed by atoms with Crippen LogP contribution in [0.5, 0.6) is 0 Å². The summed E-state index contributed by atoms with van der Waals surface area (Å²) in [7, 11) is 0. The van der Waals surface area contributed by atoms with Crippen molar-refractivity contribution in [1.82, 2.24) is 4.90 Å². The highest BCUT2D eigenvalue weighted by atomic mass is 16.2. The number of urea groups is 1. The molecular weight excluding hydrogens is 224 g/mol. The van der Waals surface area contributed by atoms with Gasteiger partial charge in [0.15, 0.2) is 0 Å². The van der Waals surface area contributed by atoms with Crippen molar-refractivity contribution in [3.05, 3.63) is 30.3 Å². The second kappa shape index (κ2) is 7.04. The van der Waals surface area contributed by atoms with E-state index >= 15 is 0 Å². The van der Waals surface area contributed by atoms with Crippen molar-refractivity contribution in [1.29, 1.82) is 0 Å². The highest BCUT2D eigenvalue weighted by Gasteiger charge is 2.23. The van der Waals surface area contributed by atoms with E-state index in [1.807, 2.05) is 35.2 Å². The minimum atomic E-state index is -0.00935. The Kier molecular flexibility index (Phi) is 5.69. The molecular formula is C15H24N2O. The molecule has 0 saturated carbocycles. The first-order valence-corrected chi connectivity index (χ1v) is 6.74. The Morgan fingerprint density at radius 3 is 2.06 bits per heavy atom. The van der Waals surface area contributed by atoms with Gasteiger partial charge in [0.2, 0.25) is 0 Å². The molecule has 0 spiro atoms. The summed E-state index contributed by atoms with van der Waals surface area (Å²) in [5, 5.41) is 2.96. The van der Waals surface area contributed by atoms with Crippen molar-refractivity contribution in [2.45, 2.75) is 52.6 Å². The van der Waals surface area contributed by atoms with Crippen molar-refractivity contribution < 1.29 is 4.79 Å². The Balaban J connectivity index is 2.77. The molecule has 0 aromatic heterocycles. The molecule has 0 radical (unpaired) electrons. The summed E-state index contributed by atoms with van der Waals surface area (Å²) in [6.07, 6.45) is 1.93. The van der Waals surface area contributed by atoms with Gasteiger partial charge < -0.3 is 10.2 Å². The predicted molar refractivity (Wildman–Crippen MR) is 76.8 cm³/mol. The van der Waals surface area contributed by atoms with E-state index in [1.54, 1.807) is 0 Å². The summed E-state index contributed by atoms with van der Waals surface area (Å²) in [5.41, 5.74) is 0.846. The third-order valence-electron chi connectivity index (χ3n) is 3.39. The molecule has 3 nitrogen and oxygen atoms in total. The van der Waals surface area contributed by atoms with Crippen LogP contribution in [-0.2, 0) is 0 Å². The SMILES string of the molecule is CC[C@@H](C)N(C(=O)Nc1ccccc1)[C@H](C)CC. The van der Waals surface area contributed by atoms with Crippen LogP contribution in [0, 0.1) is 0 Å². The maximum atomic E-state index is 12.3. The summed E-state index contributed by atoms with van der Waals surface area (Å²) in [6, 6.07) is 10.1. The van der Waals surface area contributed by atoms with Gasteiger partial charge in [0.1, 0.15) is 0 Å². The molecule has 1 aromatic rings. The van der Waals surface area contributed by atoms with E-state index in [-0.39, 0.29) is 18.1 Å². The van der Waals surface area contributed by atoms with Crippen LogP contribution < -0.4 is 5.32 Å². The number of hydrogen-bond donors (Lipinski definition) is 1. The van der Waals surface area contributed by atoms with E-state index in [2.05, 4.69) is 33.0 Å². The van der Waals surface area contributed by atoms with Gasteiger partial charge in [-0.2, -0.15) is 0 Å². The maximum absolute atomic E-state index is 12.3. The standard InChI is InChI=1S/C15H24N2O/c1-5-12(3)17(13(4)6-2)15(18)16-14-10-8-7-9-11-14/h7-13H,5-6H2,1-4H3,(H,16,18)/t12-,13-/m1/s1. The number of para-hydroxylation sites is 1. The Morgan fingerprint density at radius 2 is 1.61 bits per heavy atom. The quantitative estimate of drug-likeness (QED) is 0.835. The Labute approximate surface area is 110 Å². The number of anilines is 1. The summed E-state index contributed by atoms with van der Waals surface area (Å²) in [4.78, 5) is 14.3. The van der Waals surface area contributed by atoms with Gasteiger partial charge in [-0.05, 0) is 38.8 Å². The summed E-state index contributed by atoms with van der Waals surface area (Å²) in [5.74, 6) is 0. The van der Waals surface area contributed by atoms with Crippen molar-refractivity contribution in [3.8, 4) is 0 Å². The fourth-order valence-corrected chi connectivity index (χ4v) is 1.94. The molecule has 2 amide bonds. The molecule has 0 saturated heterocycles. The second-order valence-electron chi connectivity index (χ2n) is 4.72. The molecule has 1 rings (SSSR count). The Hall–Kier alpha value is -1.51. The van der Waals surface area contributed by atoms with E-state index < -0.39 is 0 Å². The predicted octanol–water partition coefficient (Wildman–Crippen LogP) is 4.12. The van der Waals surface area contributed by atoms with E-state index in [0.29, 0.717) is 0 Å². The molecule has 0 bridgehead atoms. The molecule has 0 aliphatic rings. The lowest BCUT2D eigenvalue weighted by Crippen LogP contribution is -2.46. The number of nitrogens with zero attached hydrogens (tertiary/aromatic N) is 1. The van der Waals surface area contributed by atoms with Crippen LogP contribution >= 0.6 is 0 Å². The van der Waals surface area contributed by atoms with Crippen LogP contribution in [0.4, 0.5) is 10.5 Å². The summed E-state index contributed by atoms with van der Waals surface area (Å²) < 4.78 is 0. The molecule has 3 heteroatoms. The van der Waals surface area contributed by atoms with Gasteiger partial charge >= 0.3 is 6.03 Å². The van der Waals surface area contributed by atoms with Gasteiger partial charge in [-0.25, -0.2) is 4.79 Å². The van der Waals surface area contributed by atoms with Crippen molar-refractivity contribution in [2.75, 3.05) is 5.32 Å². The zero-order valence-corrected chi connectivity index (χ0v) is 11.8. The number of carbonyl (C=O) groups excluding carboxylic acids is 1. The van der Waals surface area contributed by atoms with Crippen molar-refractivity contribution in [2.24, 2.45) is 0 Å². The van der Waals surface area contributed by atoms with E-state index in [1.165, 1.54) is 0 Å². The zero-order chi connectivity index (χ0) is 13.5. The Bertz CT molecular complexity index is 354. The lowest BCUT2D eigenvalue weighted by atomic mass is 10.1. The van der Waals surface area contributed by atoms with E-state index in [0.717, 1.165) is 18.5 Å². The average molecular weight is 248 g/mol. The van der Waals surface area contributed by atoms with Crippen molar-refractivity contribution in [3.63, 3.8) is 0 Å². The van der Waals surface area contributed by atoms with Crippen LogP contribution in [0.1, 0.15) is 40.5 Å². The number of carbonyl (C=O) groups is 1. The molecule has 0 aliphatic heterocycles. The number of hydrogen-bond acceptors (Lipinski definition) is 1. The van der Waals surface area contributed by atoms with Gasteiger partial charge in [-0.3, -0.25) is 0 Å². The van der Waals surface area contributed by atoms with Gasteiger partial charge in [-0.1, -0.05) is 32.0 Å². The van der Waals surface area contributed by atoms with E-state index in [9.17, 15) is 4.79 Å². The average Bonchev–Trinajstić information content (AvgIpc) is 2.39. The minimum absolute atomic E-state index is 0.00935. The highest BCUT2D eigenvalue weighted by molar-refractivity contribution is 5.89. The zero-order valence-electron chi connectivity index (χ0n) is 11.8. The van der Waals surface area contributed by atoms with Gasteiger partial charge in [0.25, 0.3) is 0 Å². The van der Waals surface area contributed by atoms with Gasteiger partial charge in [0, 0.05) is 17.8 Å². The maximum Gasteiger partial charge on any atom is 0.322 e. The first kappa shape index (κ1) is 14.6. The topological polar surface area (TPSA) is 32.3 Å². The lowest BCUT2D eigenvalue weighted by Gasteiger charge is -2.33. The fraction of sp³-hybridized carbons (Fsp3) is 0.533. The van der Waals surface area contributed by atoms with Crippen LogP contribution in [0.3, 0.4) is 0 Å². The number of benzene rings is 1. The third-order valence-corrected chi connectivity index (χ3v) is 3.39. The molecule has 0 fully saturated rings. The fourth-order valence-electron chi connectivity index (χ4n) is 1.94.